The van der Waals surface area contributed by atoms with Crippen LogP contribution < -0.4 is 0 Å². The molecule has 2 bridgehead atoms. The molecular formula is C20H30O4. The summed E-state index contributed by atoms with van der Waals surface area (Å²) in [6.45, 7) is 8.57. The molecule has 0 amide bonds. The highest BCUT2D eigenvalue weighted by molar-refractivity contribution is 5.85. The van der Waals surface area contributed by atoms with Gasteiger partial charge in [-0.2, -0.15) is 0 Å². The Balaban J connectivity index is 1.94. The lowest BCUT2D eigenvalue weighted by Gasteiger charge is -2.61. The Kier molecular flexibility index (Phi) is 3.21. The number of hydrogen-bond donors (Lipinski definition) is 2. The van der Waals surface area contributed by atoms with E-state index in [2.05, 4.69) is 27.7 Å². The average Bonchev–Trinajstić information content (AvgIpc) is 2.61. The molecule has 1 aliphatic heterocycles. The van der Waals surface area contributed by atoms with Crippen molar-refractivity contribution in [3.05, 3.63) is 11.6 Å². The molecule has 5 atom stereocenters. The number of carbonyl (C=O) groups excluding carboxylic acids is 1. The SMILES string of the molecule is CC(C)C1=CC23OC(=O)C4(CCCC(C)(C)C4CC2O)C3(O)CC1. The number of rotatable bonds is 1. The molecule has 4 nitrogen and oxygen atoms in total. The number of hydrogen-bond acceptors (Lipinski definition) is 4. The fourth-order valence-corrected chi connectivity index (χ4v) is 6.48. The van der Waals surface area contributed by atoms with E-state index >= 15 is 0 Å². The molecule has 2 saturated carbocycles. The molecule has 0 aromatic rings. The van der Waals surface area contributed by atoms with Crippen LogP contribution >= 0.6 is 0 Å². The van der Waals surface area contributed by atoms with Gasteiger partial charge in [-0.15, -0.1) is 0 Å². The van der Waals surface area contributed by atoms with Gasteiger partial charge in [0.15, 0.2) is 5.60 Å². The Hall–Kier alpha value is -0.870. The van der Waals surface area contributed by atoms with E-state index in [1.165, 1.54) is 5.57 Å². The first-order valence-electron chi connectivity index (χ1n) is 9.46. The van der Waals surface area contributed by atoms with Crippen molar-refractivity contribution in [2.24, 2.45) is 22.7 Å². The third-order valence-electron chi connectivity index (χ3n) is 7.81. The number of aliphatic hydroxyl groups is 2. The van der Waals surface area contributed by atoms with Gasteiger partial charge in [0.2, 0.25) is 0 Å². The zero-order valence-corrected chi connectivity index (χ0v) is 15.3. The molecule has 0 aromatic carbocycles. The second-order valence-electron chi connectivity index (χ2n) is 9.53. The second-order valence-corrected chi connectivity index (χ2v) is 9.53. The van der Waals surface area contributed by atoms with E-state index in [9.17, 15) is 15.0 Å². The number of aliphatic hydroxyl groups excluding tert-OH is 1. The van der Waals surface area contributed by atoms with Gasteiger partial charge < -0.3 is 14.9 Å². The van der Waals surface area contributed by atoms with Crippen LogP contribution in [-0.4, -0.2) is 33.5 Å². The average molecular weight is 334 g/mol. The van der Waals surface area contributed by atoms with Crippen molar-refractivity contribution in [2.45, 2.75) is 83.5 Å². The van der Waals surface area contributed by atoms with Crippen molar-refractivity contribution < 1.29 is 19.7 Å². The largest absolute Gasteiger partial charge is 0.448 e. The van der Waals surface area contributed by atoms with Gasteiger partial charge in [-0.05, 0) is 55.4 Å². The molecule has 1 saturated heterocycles. The van der Waals surface area contributed by atoms with Crippen LogP contribution in [0.3, 0.4) is 0 Å². The van der Waals surface area contributed by atoms with Crippen molar-refractivity contribution >= 4 is 5.97 Å². The molecule has 3 fully saturated rings. The van der Waals surface area contributed by atoms with Crippen LogP contribution in [0.15, 0.2) is 11.6 Å². The van der Waals surface area contributed by atoms with E-state index in [-0.39, 0.29) is 17.3 Å². The maximum Gasteiger partial charge on any atom is 0.316 e. The first kappa shape index (κ1) is 16.6. The zero-order valence-electron chi connectivity index (χ0n) is 15.3. The third-order valence-corrected chi connectivity index (χ3v) is 7.81. The van der Waals surface area contributed by atoms with E-state index in [4.69, 9.17) is 4.74 Å². The Morgan fingerprint density at radius 3 is 2.62 bits per heavy atom. The summed E-state index contributed by atoms with van der Waals surface area (Å²) in [4.78, 5) is 13.2. The summed E-state index contributed by atoms with van der Waals surface area (Å²) in [5.74, 6) is 0.0170. The predicted molar refractivity (Wildman–Crippen MR) is 90.1 cm³/mol. The van der Waals surface area contributed by atoms with Gasteiger partial charge in [-0.1, -0.05) is 39.7 Å². The van der Waals surface area contributed by atoms with E-state index in [1.807, 2.05) is 6.08 Å². The smallest absolute Gasteiger partial charge is 0.316 e. The molecule has 4 rings (SSSR count). The number of carbonyl (C=O) groups is 1. The standard InChI is InChI=1S/C20H30O4/c1-12(2)13-6-9-20(23)18-8-5-7-17(3,4)14(18)10-15(21)19(20,11-13)24-16(18)22/h11-12,14-15,21,23H,5-10H2,1-4H3. The maximum atomic E-state index is 13.2. The molecule has 4 heteroatoms. The third kappa shape index (κ3) is 1.60. The van der Waals surface area contributed by atoms with E-state index in [1.54, 1.807) is 0 Å². The lowest BCUT2D eigenvalue weighted by atomic mass is 9.42. The van der Waals surface area contributed by atoms with Crippen molar-refractivity contribution in [3.63, 3.8) is 0 Å². The lowest BCUT2D eigenvalue weighted by molar-refractivity contribution is -0.238. The first-order chi connectivity index (χ1) is 11.1. The summed E-state index contributed by atoms with van der Waals surface area (Å²) < 4.78 is 5.91. The predicted octanol–water partition coefficient (Wildman–Crippen LogP) is 2.97. The summed E-state index contributed by atoms with van der Waals surface area (Å²) in [6.07, 6.45) is 5.51. The highest BCUT2D eigenvalue weighted by Gasteiger charge is 2.82. The van der Waals surface area contributed by atoms with Crippen molar-refractivity contribution in [3.8, 4) is 0 Å². The summed E-state index contributed by atoms with van der Waals surface area (Å²) in [7, 11) is 0. The van der Waals surface area contributed by atoms with Gasteiger partial charge in [0, 0.05) is 0 Å². The van der Waals surface area contributed by atoms with Crippen LogP contribution in [0.1, 0.15) is 66.2 Å². The molecule has 2 N–H and O–H groups in total. The highest BCUT2D eigenvalue weighted by Crippen LogP contribution is 2.71. The van der Waals surface area contributed by atoms with Crippen LogP contribution in [0, 0.1) is 22.7 Å². The Labute approximate surface area is 144 Å². The normalized spacial score (nSPS) is 49.3. The number of ether oxygens (including phenoxy) is 1. The fourth-order valence-electron chi connectivity index (χ4n) is 6.48. The topological polar surface area (TPSA) is 66.8 Å². The van der Waals surface area contributed by atoms with Gasteiger partial charge >= 0.3 is 5.97 Å². The Morgan fingerprint density at radius 2 is 1.96 bits per heavy atom. The highest BCUT2D eigenvalue weighted by atomic mass is 16.6. The van der Waals surface area contributed by atoms with E-state index in [0.29, 0.717) is 25.2 Å². The number of allylic oxidation sites excluding steroid dienone is 1. The minimum atomic E-state index is -1.28. The Bertz CT molecular complexity index is 621. The molecule has 1 heterocycles. The summed E-state index contributed by atoms with van der Waals surface area (Å²) in [5.41, 5.74) is -2.28. The van der Waals surface area contributed by atoms with Gasteiger partial charge in [-0.25, -0.2) is 0 Å². The molecule has 0 aromatic heterocycles. The minimum absolute atomic E-state index is 0.0316. The van der Waals surface area contributed by atoms with E-state index in [0.717, 1.165) is 19.3 Å². The summed E-state index contributed by atoms with van der Waals surface area (Å²) in [6, 6.07) is 0. The van der Waals surface area contributed by atoms with Gasteiger partial charge in [0.1, 0.15) is 17.1 Å². The van der Waals surface area contributed by atoms with Crippen molar-refractivity contribution in [2.75, 3.05) is 0 Å². The summed E-state index contributed by atoms with van der Waals surface area (Å²) >= 11 is 0. The van der Waals surface area contributed by atoms with Crippen molar-refractivity contribution in [1.29, 1.82) is 0 Å². The van der Waals surface area contributed by atoms with Crippen molar-refractivity contribution in [1.82, 2.24) is 0 Å². The number of esters is 1. The Morgan fingerprint density at radius 1 is 1.25 bits per heavy atom. The van der Waals surface area contributed by atoms with Gasteiger partial charge in [0.25, 0.3) is 0 Å². The molecule has 134 valence electrons. The van der Waals surface area contributed by atoms with Crippen LogP contribution in [-0.2, 0) is 9.53 Å². The molecule has 0 radical (unpaired) electrons. The molecule has 3 aliphatic carbocycles. The monoisotopic (exact) mass is 334 g/mol. The quantitative estimate of drug-likeness (QED) is 0.571. The summed E-state index contributed by atoms with van der Waals surface area (Å²) in [5, 5.41) is 22.9. The molecule has 4 aliphatic rings. The van der Waals surface area contributed by atoms with Crippen LogP contribution in [0.5, 0.6) is 0 Å². The van der Waals surface area contributed by atoms with Crippen LogP contribution in [0.25, 0.3) is 0 Å². The molecular weight excluding hydrogens is 304 g/mol. The van der Waals surface area contributed by atoms with Crippen LogP contribution in [0.2, 0.25) is 0 Å². The molecule has 24 heavy (non-hydrogen) atoms. The first-order valence-corrected chi connectivity index (χ1v) is 9.46. The van der Waals surface area contributed by atoms with Gasteiger partial charge in [-0.3, -0.25) is 4.79 Å². The molecule has 1 spiro atoms. The van der Waals surface area contributed by atoms with Crippen LogP contribution in [0.4, 0.5) is 0 Å². The second kappa shape index (κ2) is 4.64. The minimum Gasteiger partial charge on any atom is -0.448 e. The fraction of sp³-hybridized carbons (Fsp3) is 0.850. The van der Waals surface area contributed by atoms with Gasteiger partial charge in [0.05, 0.1) is 0 Å². The van der Waals surface area contributed by atoms with E-state index < -0.39 is 22.7 Å². The lowest BCUT2D eigenvalue weighted by Crippen LogP contribution is -2.72. The maximum absolute atomic E-state index is 13.2. The molecule has 5 unspecified atom stereocenters. The zero-order chi connectivity index (χ0) is 17.5.